The summed E-state index contributed by atoms with van der Waals surface area (Å²) in [4.78, 5) is 0.957. The van der Waals surface area contributed by atoms with E-state index in [0.29, 0.717) is 0 Å². The summed E-state index contributed by atoms with van der Waals surface area (Å²) in [5.74, 6) is 0. The summed E-state index contributed by atoms with van der Waals surface area (Å²) in [7, 11) is 0. The van der Waals surface area contributed by atoms with Gasteiger partial charge in [0.25, 0.3) is 0 Å². The van der Waals surface area contributed by atoms with Crippen LogP contribution in [-0.4, -0.2) is 10.2 Å². The van der Waals surface area contributed by atoms with Crippen molar-refractivity contribution < 1.29 is 0 Å². The summed E-state index contributed by atoms with van der Waals surface area (Å²) in [6, 6.07) is 0. The van der Waals surface area contributed by atoms with Gasteiger partial charge in [-0.2, -0.15) is 10.2 Å². The lowest BCUT2D eigenvalue weighted by Gasteiger charge is -1.98. The molecule has 0 saturated heterocycles. The molecule has 0 aliphatic rings. The van der Waals surface area contributed by atoms with Crippen molar-refractivity contribution in [1.82, 2.24) is 10.2 Å². The van der Waals surface area contributed by atoms with E-state index in [2.05, 4.69) is 22.8 Å². The van der Waals surface area contributed by atoms with Gasteiger partial charge in [0.05, 0.1) is 12.4 Å². The minimum absolute atomic E-state index is 0.957. The molecule has 13 heavy (non-hydrogen) atoms. The summed E-state index contributed by atoms with van der Waals surface area (Å²) in [6.45, 7) is 3.91. The first-order valence-corrected chi connectivity index (χ1v) is 4.49. The van der Waals surface area contributed by atoms with Gasteiger partial charge in [0, 0.05) is 11.1 Å². The van der Waals surface area contributed by atoms with E-state index < -0.39 is 0 Å². The average molecular weight is 192 g/mol. The quantitative estimate of drug-likeness (QED) is 0.729. The van der Waals surface area contributed by atoms with Gasteiger partial charge in [0.1, 0.15) is 0 Å². The number of rotatable bonds is 2. The highest BCUT2D eigenvalue weighted by molar-refractivity contribution is 7.84. The van der Waals surface area contributed by atoms with Crippen LogP contribution in [-0.2, 0) is 0 Å². The molecule has 3 heteroatoms. The Morgan fingerprint density at radius 1 is 1.31 bits per heavy atom. The van der Waals surface area contributed by atoms with Gasteiger partial charge in [-0.15, -0.1) is 12.6 Å². The molecule has 0 radical (unpaired) electrons. The van der Waals surface area contributed by atoms with E-state index in [1.54, 1.807) is 12.4 Å². The van der Waals surface area contributed by atoms with Crippen molar-refractivity contribution in [2.75, 3.05) is 0 Å². The van der Waals surface area contributed by atoms with Gasteiger partial charge in [0.15, 0.2) is 0 Å². The Labute approximate surface area is 83.8 Å². The molecule has 0 aromatic carbocycles. The number of hydrogen-bond donors (Lipinski definition) is 1. The van der Waals surface area contributed by atoms with E-state index in [0.717, 1.165) is 16.0 Å². The molecule has 0 atom stereocenters. The Kier molecular flexibility index (Phi) is 3.71. The Morgan fingerprint density at radius 3 is 2.46 bits per heavy atom. The molecule has 0 fully saturated rings. The van der Waals surface area contributed by atoms with Crippen LogP contribution in [0.4, 0.5) is 0 Å². The number of nitrogens with zero attached hydrogens (tertiary/aromatic N) is 2. The minimum Gasteiger partial charge on any atom is -0.158 e. The molecule has 2 nitrogen and oxygen atoms in total. The van der Waals surface area contributed by atoms with Crippen molar-refractivity contribution in [2.45, 2.75) is 13.8 Å². The predicted molar refractivity (Wildman–Crippen MR) is 59.4 cm³/mol. The fourth-order valence-corrected chi connectivity index (χ4v) is 1.14. The molecule has 0 unspecified atom stereocenters. The van der Waals surface area contributed by atoms with Crippen LogP contribution in [0, 0.1) is 0 Å². The van der Waals surface area contributed by atoms with Gasteiger partial charge < -0.3 is 0 Å². The number of aromatic nitrogens is 2. The van der Waals surface area contributed by atoms with Crippen molar-refractivity contribution in [3.05, 3.63) is 34.5 Å². The maximum atomic E-state index is 4.21. The van der Waals surface area contributed by atoms with E-state index in [1.165, 1.54) is 0 Å². The van der Waals surface area contributed by atoms with Crippen LogP contribution < -0.4 is 0 Å². The third kappa shape index (κ3) is 3.03. The normalized spacial score (nSPS) is 12.4. The van der Waals surface area contributed by atoms with Crippen LogP contribution >= 0.6 is 12.6 Å². The van der Waals surface area contributed by atoms with Crippen LogP contribution in [0.2, 0.25) is 0 Å². The molecule has 1 aromatic heterocycles. The van der Waals surface area contributed by atoms with Crippen molar-refractivity contribution in [3.63, 3.8) is 0 Å². The van der Waals surface area contributed by atoms with E-state index >= 15 is 0 Å². The monoisotopic (exact) mass is 192 g/mol. The Bertz CT molecular complexity index is 339. The molecule has 0 spiro atoms. The van der Waals surface area contributed by atoms with Crippen molar-refractivity contribution >= 4 is 24.8 Å². The van der Waals surface area contributed by atoms with Gasteiger partial charge in [-0.25, -0.2) is 0 Å². The summed E-state index contributed by atoms with van der Waals surface area (Å²) >= 11 is 4.21. The van der Waals surface area contributed by atoms with Crippen LogP contribution in [0.15, 0.2) is 23.4 Å². The van der Waals surface area contributed by atoms with Gasteiger partial charge in [0.2, 0.25) is 0 Å². The topological polar surface area (TPSA) is 25.8 Å². The highest BCUT2D eigenvalue weighted by Crippen LogP contribution is 2.13. The van der Waals surface area contributed by atoms with E-state index in [1.807, 2.05) is 32.1 Å². The third-order valence-corrected chi connectivity index (χ3v) is 1.63. The molecule has 1 heterocycles. The van der Waals surface area contributed by atoms with Gasteiger partial charge in [-0.3, -0.25) is 0 Å². The first-order valence-electron chi connectivity index (χ1n) is 4.04. The SMILES string of the molecule is C/C=C\c1cnncc1/C=C(\C)S. The zero-order valence-corrected chi connectivity index (χ0v) is 8.62. The van der Waals surface area contributed by atoms with Crippen LogP contribution in [0.1, 0.15) is 25.0 Å². The van der Waals surface area contributed by atoms with E-state index in [4.69, 9.17) is 0 Å². The standard InChI is InChI=1S/C10H12N2S/c1-3-4-9-6-11-12-7-10(9)5-8(2)13/h3-7,13H,1-2H3/b4-3-,8-5+. The maximum Gasteiger partial charge on any atom is 0.0574 e. The zero-order chi connectivity index (χ0) is 9.68. The second-order valence-corrected chi connectivity index (χ2v) is 3.39. The summed E-state index contributed by atoms with van der Waals surface area (Å²) in [5.41, 5.74) is 2.10. The molecular formula is C10H12N2S. The second kappa shape index (κ2) is 4.82. The van der Waals surface area contributed by atoms with Crippen LogP contribution in [0.25, 0.3) is 12.2 Å². The average Bonchev–Trinajstić information content (AvgIpc) is 2.08. The Morgan fingerprint density at radius 2 is 1.92 bits per heavy atom. The third-order valence-electron chi connectivity index (χ3n) is 1.50. The number of hydrogen-bond acceptors (Lipinski definition) is 3. The largest absolute Gasteiger partial charge is 0.158 e. The molecule has 1 rings (SSSR count). The molecule has 0 N–H and O–H groups in total. The Hall–Kier alpha value is -1.09. The summed E-state index contributed by atoms with van der Waals surface area (Å²) < 4.78 is 0. The lowest BCUT2D eigenvalue weighted by Crippen LogP contribution is -1.86. The molecule has 0 amide bonds. The summed E-state index contributed by atoms with van der Waals surface area (Å²) in [5, 5.41) is 7.63. The number of thiol groups is 1. The summed E-state index contributed by atoms with van der Waals surface area (Å²) in [6.07, 6.45) is 9.41. The molecule has 68 valence electrons. The lowest BCUT2D eigenvalue weighted by molar-refractivity contribution is 1.02. The predicted octanol–water partition coefficient (Wildman–Crippen LogP) is 2.80. The lowest BCUT2D eigenvalue weighted by atomic mass is 10.1. The first-order chi connectivity index (χ1) is 6.24. The van der Waals surface area contributed by atoms with Crippen molar-refractivity contribution in [1.29, 1.82) is 0 Å². The van der Waals surface area contributed by atoms with Gasteiger partial charge in [-0.1, -0.05) is 12.2 Å². The van der Waals surface area contributed by atoms with Gasteiger partial charge in [-0.05, 0) is 24.8 Å². The van der Waals surface area contributed by atoms with Crippen LogP contribution in [0.5, 0.6) is 0 Å². The van der Waals surface area contributed by atoms with Crippen molar-refractivity contribution in [3.8, 4) is 0 Å². The molecule has 0 bridgehead atoms. The smallest absolute Gasteiger partial charge is 0.0574 e. The van der Waals surface area contributed by atoms with Crippen molar-refractivity contribution in [2.24, 2.45) is 0 Å². The zero-order valence-electron chi connectivity index (χ0n) is 7.73. The van der Waals surface area contributed by atoms with Gasteiger partial charge >= 0.3 is 0 Å². The van der Waals surface area contributed by atoms with Crippen LogP contribution in [0.3, 0.4) is 0 Å². The first kappa shape index (κ1) is 9.99. The number of allylic oxidation sites excluding steroid dienone is 2. The molecule has 0 aliphatic heterocycles. The molecule has 0 aliphatic carbocycles. The molecule has 1 aromatic rings. The fourth-order valence-electron chi connectivity index (χ4n) is 1.00. The molecular weight excluding hydrogens is 180 g/mol. The van der Waals surface area contributed by atoms with E-state index in [-0.39, 0.29) is 0 Å². The highest BCUT2D eigenvalue weighted by atomic mass is 32.1. The minimum atomic E-state index is 0.957. The van der Waals surface area contributed by atoms with E-state index in [9.17, 15) is 0 Å². The molecule has 0 saturated carbocycles. The Balaban J connectivity index is 3.12. The fraction of sp³-hybridized carbons (Fsp3) is 0.200. The highest BCUT2D eigenvalue weighted by Gasteiger charge is 1.95. The maximum absolute atomic E-state index is 4.21. The second-order valence-electron chi connectivity index (χ2n) is 2.69.